The van der Waals surface area contributed by atoms with Gasteiger partial charge in [0, 0.05) is 23.7 Å². The Morgan fingerprint density at radius 1 is 1.22 bits per heavy atom. The van der Waals surface area contributed by atoms with Crippen LogP contribution in [0.1, 0.15) is 34.4 Å². The van der Waals surface area contributed by atoms with Crippen molar-refractivity contribution in [1.82, 2.24) is 10.2 Å². The van der Waals surface area contributed by atoms with Crippen LogP contribution in [-0.4, -0.2) is 29.9 Å². The van der Waals surface area contributed by atoms with Crippen LogP contribution in [0.4, 0.5) is 10.5 Å². The number of carbonyl (C=O) groups excluding carboxylic acids is 2. The molecule has 2 aromatic rings. The fraction of sp³-hybridized carbons (Fsp3) is 0.429. The monoisotopic (exact) mass is 385 g/mol. The van der Waals surface area contributed by atoms with E-state index in [0.29, 0.717) is 19.6 Å². The molecule has 2 N–H and O–H groups in total. The Kier molecular flexibility index (Phi) is 6.16. The number of nitrogens with zero attached hydrogens (tertiary/aromatic N) is 1. The van der Waals surface area contributed by atoms with Crippen LogP contribution in [0.2, 0.25) is 0 Å². The van der Waals surface area contributed by atoms with Gasteiger partial charge < -0.3 is 15.5 Å². The van der Waals surface area contributed by atoms with Gasteiger partial charge in [-0.3, -0.25) is 4.79 Å². The molecule has 6 heteroatoms. The highest BCUT2D eigenvalue weighted by Gasteiger charge is 2.28. The smallest absolute Gasteiger partial charge is 0.317 e. The minimum absolute atomic E-state index is 0.000750. The molecule has 0 radical (unpaired) electrons. The lowest BCUT2D eigenvalue weighted by Crippen LogP contribution is -2.47. The molecule has 0 aliphatic carbocycles. The van der Waals surface area contributed by atoms with Gasteiger partial charge in [-0.2, -0.15) is 0 Å². The molecule has 0 bridgehead atoms. The van der Waals surface area contributed by atoms with Gasteiger partial charge in [-0.25, -0.2) is 4.79 Å². The summed E-state index contributed by atoms with van der Waals surface area (Å²) in [6.45, 7) is 7.78. The zero-order valence-electron chi connectivity index (χ0n) is 16.2. The van der Waals surface area contributed by atoms with Crippen LogP contribution in [0.5, 0.6) is 0 Å². The third kappa shape index (κ3) is 4.89. The Bertz CT molecular complexity index is 794. The molecule has 1 aliphatic heterocycles. The van der Waals surface area contributed by atoms with Crippen molar-refractivity contribution in [2.75, 3.05) is 18.4 Å². The number of amides is 3. The molecule has 5 nitrogen and oxygen atoms in total. The SMILES string of the molecule is Cc1cc(C)c(NC(=O)C2CCCN(C(=O)NCc3cccs3)C2)c(C)c1. The van der Waals surface area contributed by atoms with Gasteiger partial charge in [0.05, 0.1) is 12.5 Å². The van der Waals surface area contributed by atoms with Crippen molar-refractivity contribution in [3.8, 4) is 0 Å². The number of anilines is 1. The molecule has 1 aromatic carbocycles. The van der Waals surface area contributed by atoms with E-state index in [1.54, 1.807) is 16.2 Å². The van der Waals surface area contributed by atoms with Crippen LogP contribution in [-0.2, 0) is 11.3 Å². The molecular formula is C21H27N3O2S. The fourth-order valence-electron chi connectivity index (χ4n) is 3.67. The second-order valence-electron chi connectivity index (χ2n) is 7.29. The van der Waals surface area contributed by atoms with Gasteiger partial charge in [0.15, 0.2) is 0 Å². The topological polar surface area (TPSA) is 61.4 Å². The van der Waals surface area contributed by atoms with E-state index in [0.717, 1.165) is 34.5 Å². The molecule has 1 aliphatic rings. The van der Waals surface area contributed by atoms with Gasteiger partial charge in [0.1, 0.15) is 0 Å². The lowest BCUT2D eigenvalue weighted by atomic mass is 9.96. The zero-order valence-corrected chi connectivity index (χ0v) is 17.0. The largest absolute Gasteiger partial charge is 0.333 e. The number of aryl methyl sites for hydroxylation is 3. The van der Waals surface area contributed by atoms with Crippen molar-refractivity contribution in [2.24, 2.45) is 5.92 Å². The molecular weight excluding hydrogens is 358 g/mol. The number of thiophene rings is 1. The fourth-order valence-corrected chi connectivity index (χ4v) is 4.31. The quantitative estimate of drug-likeness (QED) is 0.827. The normalized spacial score (nSPS) is 16.9. The summed E-state index contributed by atoms with van der Waals surface area (Å²) < 4.78 is 0. The van der Waals surface area contributed by atoms with Crippen molar-refractivity contribution in [3.05, 3.63) is 51.2 Å². The van der Waals surface area contributed by atoms with Crippen LogP contribution in [0.15, 0.2) is 29.6 Å². The molecule has 27 heavy (non-hydrogen) atoms. The molecule has 1 fully saturated rings. The predicted molar refractivity (Wildman–Crippen MR) is 110 cm³/mol. The molecule has 0 spiro atoms. The van der Waals surface area contributed by atoms with E-state index in [2.05, 4.69) is 29.7 Å². The summed E-state index contributed by atoms with van der Waals surface area (Å²) >= 11 is 1.62. The van der Waals surface area contributed by atoms with Crippen LogP contribution in [0.25, 0.3) is 0 Å². The molecule has 2 heterocycles. The van der Waals surface area contributed by atoms with Gasteiger partial charge >= 0.3 is 6.03 Å². The maximum Gasteiger partial charge on any atom is 0.317 e. The summed E-state index contributed by atoms with van der Waals surface area (Å²) in [7, 11) is 0. The third-order valence-electron chi connectivity index (χ3n) is 5.00. The molecule has 1 saturated heterocycles. The maximum absolute atomic E-state index is 12.8. The van der Waals surface area contributed by atoms with E-state index >= 15 is 0 Å². The first-order chi connectivity index (χ1) is 12.9. The second-order valence-corrected chi connectivity index (χ2v) is 8.32. The predicted octanol–water partition coefficient (Wildman–Crippen LogP) is 4.23. The Morgan fingerprint density at radius 3 is 2.63 bits per heavy atom. The maximum atomic E-state index is 12.8. The molecule has 1 atom stereocenters. The highest BCUT2D eigenvalue weighted by molar-refractivity contribution is 7.09. The second kappa shape index (κ2) is 8.57. The lowest BCUT2D eigenvalue weighted by molar-refractivity contribution is -0.121. The molecule has 3 rings (SSSR count). The van der Waals surface area contributed by atoms with E-state index in [1.165, 1.54) is 5.56 Å². The summed E-state index contributed by atoms with van der Waals surface area (Å²) in [5.41, 5.74) is 4.23. The molecule has 144 valence electrons. The molecule has 1 unspecified atom stereocenters. The number of rotatable bonds is 4. The Labute approximate surface area is 164 Å². The van der Waals surface area contributed by atoms with Crippen molar-refractivity contribution in [3.63, 3.8) is 0 Å². The van der Waals surface area contributed by atoms with Crippen LogP contribution < -0.4 is 10.6 Å². The highest BCUT2D eigenvalue weighted by atomic mass is 32.1. The number of nitrogens with one attached hydrogen (secondary N) is 2. The van der Waals surface area contributed by atoms with Crippen LogP contribution >= 0.6 is 11.3 Å². The summed E-state index contributed by atoms with van der Waals surface area (Å²) in [5.74, 6) is -0.174. The number of carbonyl (C=O) groups is 2. The number of likely N-dealkylation sites (tertiary alicyclic amines) is 1. The first-order valence-corrected chi connectivity index (χ1v) is 10.3. The standard InChI is InChI=1S/C21H27N3O2S/c1-14-10-15(2)19(16(3)11-14)23-20(25)17-6-4-8-24(13-17)21(26)22-12-18-7-5-9-27-18/h5,7,9-11,17H,4,6,8,12-13H2,1-3H3,(H,22,26)(H,23,25). The van der Waals surface area contributed by atoms with Crippen molar-refractivity contribution < 1.29 is 9.59 Å². The summed E-state index contributed by atoms with van der Waals surface area (Å²) in [5, 5.41) is 8.05. The van der Waals surface area contributed by atoms with Crippen LogP contribution in [0.3, 0.4) is 0 Å². The average molecular weight is 386 g/mol. The van der Waals surface area contributed by atoms with Gasteiger partial charge in [0.2, 0.25) is 5.91 Å². The Morgan fingerprint density at radius 2 is 1.96 bits per heavy atom. The van der Waals surface area contributed by atoms with Gasteiger partial charge in [-0.1, -0.05) is 23.8 Å². The van der Waals surface area contributed by atoms with E-state index in [1.807, 2.05) is 31.4 Å². The Balaban J connectivity index is 1.58. The highest BCUT2D eigenvalue weighted by Crippen LogP contribution is 2.24. The lowest BCUT2D eigenvalue weighted by Gasteiger charge is -2.32. The number of hydrogen-bond acceptors (Lipinski definition) is 3. The zero-order chi connectivity index (χ0) is 19.4. The first kappa shape index (κ1) is 19.4. The summed E-state index contributed by atoms with van der Waals surface area (Å²) in [6.07, 6.45) is 1.65. The van der Waals surface area contributed by atoms with E-state index < -0.39 is 0 Å². The van der Waals surface area contributed by atoms with Gasteiger partial charge in [-0.05, 0) is 56.2 Å². The van der Waals surface area contributed by atoms with Crippen molar-refractivity contribution in [1.29, 1.82) is 0 Å². The van der Waals surface area contributed by atoms with Gasteiger partial charge in [0.25, 0.3) is 0 Å². The number of hydrogen-bond donors (Lipinski definition) is 2. The van der Waals surface area contributed by atoms with Crippen molar-refractivity contribution >= 4 is 29.0 Å². The molecule has 3 amide bonds. The number of piperidine rings is 1. The van der Waals surface area contributed by atoms with E-state index in [4.69, 9.17) is 0 Å². The van der Waals surface area contributed by atoms with Gasteiger partial charge in [-0.15, -0.1) is 11.3 Å². The Hall–Kier alpha value is -2.34. The molecule has 0 saturated carbocycles. The molecule has 1 aromatic heterocycles. The van der Waals surface area contributed by atoms with Crippen molar-refractivity contribution in [2.45, 2.75) is 40.2 Å². The third-order valence-corrected chi connectivity index (χ3v) is 5.87. The summed E-state index contributed by atoms with van der Waals surface area (Å²) in [4.78, 5) is 28.1. The van der Waals surface area contributed by atoms with E-state index in [9.17, 15) is 9.59 Å². The minimum atomic E-state index is -0.175. The number of benzene rings is 1. The number of urea groups is 1. The van der Waals surface area contributed by atoms with Crippen LogP contribution in [0, 0.1) is 26.7 Å². The summed E-state index contributed by atoms with van der Waals surface area (Å²) in [6, 6.07) is 8.04. The first-order valence-electron chi connectivity index (χ1n) is 9.38. The average Bonchev–Trinajstić information content (AvgIpc) is 3.16. The minimum Gasteiger partial charge on any atom is -0.333 e. The van der Waals surface area contributed by atoms with E-state index in [-0.39, 0.29) is 17.9 Å².